The van der Waals surface area contributed by atoms with Crippen LogP contribution < -0.4 is 4.74 Å². The summed E-state index contributed by atoms with van der Waals surface area (Å²) in [5.41, 5.74) is 2.21. The van der Waals surface area contributed by atoms with E-state index in [4.69, 9.17) is 9.84 Å². The third-order valence-corrected chi connectivity index (χ3v) is 4.01. The highest BCUT2D eigenvalue weighted by Gasteiger charge is 2.29. The van der Waals surface area contributed by atoms with E-state index >= 15 is 0 Å². The van der Waals surface area contributed by atoms with Crippen molar-refractivity contribution < 1.29 is 23.0 Å². The molecule has 2 nitrogen and oxygen atoms in total. The molecule has 0 radical (unpaired) electrons. The summed E-state index contributed by atoms with van der Waals surface area (Å²) >= 11 is 0. The molecule has 0 bridgehead atoms. The predicted molar refractivity (Wildman–Crippen MR) is 109 cm³/mol. The summed E-state index contributed by atoms with van der Waals surface area (Å²) in [6.45, 7) is 0.214. The van der Waals surface area contributed by atoms with E-state index in [-0.39, 0.29) is 13.2 Å². The zero-order valence-electron chi connectivity index (χ0n) is 15.8. The van der Waals surface area contributed by atoms with E-state index < -0.39 is 11.7 Å². The van der Waals surface area contributed by atoms with Gasteiger partial charge in [0.15, 0.2) is 0 Å². The van der Waals surface area contributed by atoms with Crippen molar-refractivity contribution in [3.05, 3.63) is 101 Å². The van der Waals surface area contributed by atoms with Crippen LogP contribution in [0.5, 0.6) is 5.75 Å². The third kappa shape index (κ3) is 6.17. The van der Waals surface area contributed by atoms with Gasteiger partial charge in [-0.1, -0.05) is 23.7 Å². The number of halogens is 3. The average molecular weight is 406 g/mol. The Morgan fingerprint density at radius 1 is 0.633 bits per heavy atom. The average Bonchev–Trinajstić information content (AvgIpc) is 2.76. The van der Waals surface area contributed by atoms with Gasteiger partial charge < -0.3 is 9.84 Å². The molecule has 0 aliphatic rings. The molecule has 3 aromatic carbocycles. The van der Waals surface area contributed by atoms with Crippen LogP contribution in [0.1, 0.15) is 27.8 Å². The molecule has 1 N–H and O–H groups in total. The summed E-state index contributed by atoms with van der Waals surface area (Å²) in [7, 11) is 0. The highest BCUT2D eigenvalue weighted by molar-refractivity contribution is 5.48. The fourth-order valence-electron chi connectivity index (χ4n) is 2.47. The van der Waals surface area contributed by atoms with Gasteiger partial charge in [0.25, 0.3) is 0 Å². The van der Waals surface area contributed by atoms with Crippen LogP contribution in [0.4, 0.5) is 13.2 Å². The van der Waals surface area contributed by atoms with E-state index in [1.807, 2.05) is 36.4 Å². The molecule has 3 aromatic rings. The summed E-state index contributed by atoms with van der Waals surface area (Å²) in [4.78, 5) is 0. The Kier molecular flexibility index (Phi) is 6.80. The van der Waals surface area contributed by atoms with E-state index in [2.05, 4.69) is 23.7 Å². The lowest BCUT2D eigenvalue weighted by atomic mass is 10.1. The normalized spacial score (nSPS) is 10.4. The monoisotopic (exact) mass is 406 g/mol. The lowest BCUT2D eigenvalue weighted by Crippen LogP contribution is -2.04. The molecule has 0 saturated carbocycles. The van der Waals surface area contributed by atoms with E-state index in [1.54, 1.807) is 12.1 Å². The number of hydrogen-bond acceptors (Lipinski definition) is 2. The number of aliphatic hydroxyl groups is 1. The smallest absolute Gasteiger partial charge is 0.416 e. The molecule has 0 aliphatic carbocycles. The lowest BCUT2D eigenvalue weighted by molar-refractivity contribution is -0.137. The Morgan fingerprint density at radius 2 is 1.00 bits per heavy atom. The van der Waals surface area contributed by atoms with Crippen LogP contribution in [-0.4, -0.2) is 18.3 Å². The molecule has 0 unspecified atom stereocenters. The second-order valence-corrected chi connectivity index (χ2v) is 6.25. The first-order valence-electron chi connectivity index (χ1n) is 9.09. The molecule has 150 valence electrons. The second kappa shape index (κ2) is 9.69. The summed E-state index contributed by atoms with van der Waals surface area (Å²) in [5.74, 6) is 12.6. The first-order valence-corrected chi connectivity index (χ1v) is 9.09. The lowest BCUT2D eigenvalue weighted by Gasteiger charge is -2.05. The minimum Gasteiger partial charge on any atom is -0.491 e. The fourth-order valence-corrected chi connectivity index (χ4v) is 2.47. The minimum absolute atomic E-state index is 0.0354. The molecule has 0 amide bonds. The van der Waals surface area contributed by atoms with E-state index in [1.165, 1.54) is 12.1 Å². The van der Waals surface area contributed by atoms with Crippen molar-refractivity contribution in [2.24, 2.45) is 0 Å². The standard InChI is InChI=1S/C25H17F3O2/c26-25(27,28)23-13-9-21(10-14-23)7-5-19-1-3-20(4-2-19)6-8-22-11-15-24(16-12-22)30-18-17-29/h1-4,9-16,29H,17-18H2. The number of rotatable bonds is 3. The van der Waals surface area contributed by atoms with Crippen LogP contribution in [0.3, 0.4) is 0 Å². The van der Waals surface area contributed by atoms with Crippen molar-refractivity contribution in [3.63, 3.8) is 0 Å². The van der Waals surface area contributed by atoms with Gasteiger partial charge in [-0.25, -0.2) is 0 Å². The fraction of sp³-hybridized carbons (Fsp3) is 0.120. The van der Waals surface area contributed by atoms with E-state index in [9.17, 15) is 13.2 Å². The van der Waals surface area contributed by atoms with Gasteiger partial charge in [0.05, 0.1) is 12.2 Å². The van der Waals surface area contributed by atoms with Crippen LogP contribution in [0, 0.1) is 23.7 Å². The van der Waals surface area contributed by atoms with E-state index in [0.717, 1.165) is 28.8 Å². The van der Waals surface area contributed by atoms with Crippen molar-refractivity contribution in [3.8, 4) is 29.4 Å². The van der Waals surface area contributed by atoms with Gasteiger partial charge in [-0.2, -0.15) is 13.2 Å². The van der Waals surface area contributed by atoms with Crippen LogP contribution in [0.15, 0.2) is 72.8 Å². The Balaban J connectivity index is 1.64. The van der Waals surface area contributed by atoms with Crippen molar-refractivity contribution in [2.75, 3.05) is 13.2 Å². The molecule has 0 spiro atoms. The third-order valence-electron chi connectivity index (χ3n) is 4.01. The SMILES string of the molecule is OCCOc1ccc(C#Cc2ccc(C#Cc3ccc(C(F)(F)F)cc3)cc2)cc1. The molecule has 30 heavy (non-hydrogen) atoms. The van der Waals surface area contributed by atoms with Crippen LogP contribution in [-0.2, 0) is 6.18 Å². The highest BCUT2D eigenvalue weighted by Crippen LogP contribution is 2.28. The summed E-state index contributed by atoms with van der Waals surface area (Å²) in [5, 5.41) is 8.75. The minimum atomic E-state index is -4.35. The Morgan fingerprint density at radius 3 is 1.37 bits per heavy atom. The maximum atomic E-state index is 12.6. The van der Waals surface area contributed by atoms with Gasteiger partial charge in [0, 0.05) is 22.3 Å². The Bertz CT molecular complexity index is 1090. The highest BCUT2D eigenvalue weighted by atomic mass is 19.4. The van der Waals surface area contributed by atoms with Gasteiger partial charge in [-0.15, -0.1) is 0 Å². The topological polar surface area (TPSA) is 29.5 Å². The van der Waals surface area contributed by atoms with Crippen LogP contribution in [0.2, 0.25) is 0 Å². The predicted octanol–water partition coefficient (Wildman–Crippen LogP) is 4.88. The largest absolute Gasteiger partial charge is 0.491 e. The molecule has 0 aliphatic heterocycles. The Labute approximate surface area is 173 Å². The van der Waals surface area contributed by atoms with Gasteiger partial charge in [-0.3, -0.25) is 0 Å². The summed E-state index contributed by atoms with van der Waals surface area (Å²) in [6, 6.07) is 19.3. The zero-order chi connectivity index (χ0) is 21.4. The van der Waals surface area contributed by atoms with Crippen molar-refractivity contribution >= 4 is 0 Å². The quantitative estimate of drug-likeness (QED) is 0.629. The van der Waals surface area contributed by atoms with Crippen molar-refractivity contribution in [1.29, 1.82) is 0 Å². The molecule has 0 saturated heterocycles. The number of ether oxygens (including phenoxy) is 1. The van der Waals surface area contributed by atoms with Crippen molar-refractivity contribution in [2.45, 2.75) is 6.18 Å². The number of aliphatic hydroxyl groups excluding tert-OH is 1. The summed E-state index contributed by atoms with van der Waals surface area (Å²) in [6.07, 6.45) is -4.35. The van der Waals surface area contributed by atoms with E-state index in [0.29, 0.717) is 11.3 Å². The molecule has 0 heterocycles. The Hall–Kier alpha value is -3.67. The van der Waals surface area contributed by atoms with Crippen LogP contribution >= 0.6 is 0 Å². The first-order chi connectivity index (χ1) is 14.4. The summed E-state index contributed by atoms with van der Waals surface area (Å²) < 4.78 is 43.0. The van der Waals surface area contributed by atoms with Gasteiger partial charge in [0.1, 0.15) is 12.4 Å². The molecule has 3 rings (SSSR count). The van der Waals surface area contributed by atoms with Crippen molar-refractivity contribution in [1.82, 2.24) is 0 Å². The number of hydrogen-bond donors (Lipinski definition) is 1. The number of alkyl halides is 3. The maximum Gasteiger partial charge on any atom is 0.416 e. The molecule has 0 fully saturated rings. The molecular formula is C25H17F3O2. The molecular weight excluding hydrogens is 389 g/mol. The molecule has 0 aromatic heterocycles. The van der Waals surface area contributed by atoms with Gasteiger partial charge in [-0.05, 0) is 72.8 Å². The first kappa shape index (κ1) is 21.0. The van der Waals surface area contributed by atoms with Gasteiger partial charge in [0.2, 0.25) is 0 Å². The number of benzene rings is 3. The maximum absolute atomic E-state index is 12.6. The van der Waals surface area contributed by atoms with Crippen LogP contribution in [0.25, 0.3) is 0 Å². The molecule has 0 atom stereocenters. The molecule has 5 heteroatoms. The second-order valence-electron chi connectivity index (χ2n) is 6.25. The van der Waals surface area contributed by atoms with Gasteiger partial charge >= 0.3 is 6.18 Å². The zero-order valence-corrected chi connectivity index (χ0v) is 15.8.